The van der Waals surface area contributed by atoms with Gasteiger partial charge in [-0.05, 0) is 20.8 Å². The van der Waals surface area contributed by atoms with E-state index in [1.807, 2.05) is 20.8 Å². The molecule has 0 radical (unpaired) electrons. The van der Waals surface area contributed by atoms with Gasteiger partial charge in [0.2, 0.25) is 5.82 Å². The van der Waals surface area contributed by atoms with E-state index in [9.17, 15) is 5.11 Å². The summed E-state index contributed by atoms with van der Waals surface area (Å²) in [4.78, 5) is 0.734. The highest BCUT2D eigenvalue weighted by Gasteiger charge is 2.21. The fraction of sp³-hybridized carbons (Fsp3) is 0.846. The Morgan fingerprint density at radius 2 is 2.24 bits per heavy atom. The van der Waals surface area contributed by atoms with Crippen molar-refractivity contribution < 1.29 is 22.8 Å². The van der Waals surface area contributed by atoms with E-state index in [1.54, 1.807) is 0 Å². The molecule has 8 heteroatoms. The van der Waals surface area contributed by atoms with Crippen molar-refractivity contribution in [3.05, 3.63) is 0 Å². The van der Waals surface area contributed by atoms with Crippen molar-refractivity contribution in [1.82, 2.24) is 14.1 Å². The van der Waals surface area contributed by atoms with Crippen LogP contribution in [0.25, 0.3) is 0 Å². The quantitative estimate of drug-likeness (QED) is 0.789. The van der Waals surface area contributed by atoms with Crippen molar-refractivity contribution in [2.45, 2.75) is 32.4 Å². The predicted octanol–water partition coefficient (Wildman–Crippen LogP) is 0.502. The third-order valence-electron chi connectivity index (χ3n) is 2.42. The zero-order valence-electron chi connectivity index (χ0n) is 18.2. The lowest BCUT2D eigenvalue weighted by atomic mass is 10.1. The maximum atomic E-state index is 10.2. The Balaban J connectivity index is 2.23. The summed E-state index contributed by atoms with van der Waals surface area (Å²) in [6.07, 6.45) is -1.55. The maximum absolute atomic E-state index is 10.2. The number of aliphatic hydroxyl groups excluding tert-OH is 1. The van der Waals surface area contributed by atoms with Crippen LogP contribution in [0.1, 0.15) is 29.0 Å². The van der Waals surface area contributed by atoms with E-state index in [4.69, 9.17) is 17.7 Å². The molecular weight excluding hydrogens is 292 g/mol. The molecule has 1 aliphatic heterocycles. The van der Waals surface area contributed by atoms with Crippen molar-refractivity contribution in [1.29, 1.82) is 0 Å². The summed E-state index contributed by atoms with van der Waals surface area (Å²) in [5.41, 5.74) is -0.343. The van der Waals surface area contributed by atoms with E-state index >= 15 is 0 Å². The van der Waals surface area contributed by atoms with Gasteiger partial charge in [0.25, 0.3) is 5.88 Å². The number of rotatable bonds is 6. The number of hydrogen-bond acceptors (Lipinski definition) is 8. The second-order valence-electron chi connectivity index (χ2n) is 5.40. The Labute approximate surface area is 138 Å². The zero-order chi connectivity index (χ0) is 20.7. The van der Waals surface area contributed by atoms with Gasteiger partial charge in [-0.25, -0.2) is 0 Å². The van der Waals surface area contributed by atoms with Crippen molar-refractivity contribution >= 4 is 17.5 Å². The first-order valence-corrected chi connectivity index (χ1v) is 7.21. The van der Waals surface area contributed by atoms with Gasteiger partial charge in [-0.3, -0.25) is 0 Å². The first-order valence-electron chi connectivity index (χ1n) is 9.48. The summed E-state index contributed by atoms with van der Waals surface area (Å²) in [5.74, 6) is -0.674. The van der Waals surface area contributed by atoms with Gasteiger partial charge in [-0.1, -0.05) is 0 Å². The number of nitrogens with zero attached hydrogens (tertiary/aromatic N) is 3. The highest BCUT2D eigenvalue weighted by atomic mass is 32.1. The summed E-state index contributed by atoms with van der Waals surface area (Å²) in [6.45, 7) is -2.34. The van der Waals surface area contributed by atoms with Crippen LogP contribution in [0, 0.1) is 0 Å². The van der Waals surface area contributed by atoms with Crippen LogP contribution in [-0.2, 0) is 4.74 Å². The first-order chi connectivity index (χ1) is 12.2. The molecule has 0 spiro atoms. The molecule has 0 saturated carbocycles. The van der Waals surface area contributed by atoms with Crippen LogP contribution in [0.2, 0.25) is 0 Å². The molecule has 2 rings (SSSR count). The minimum Gasteiger partial charge on any atom is -0.472 e. The third kappa shape index (κ3) is 5.39. The van der Waals surface area contributed by atoms with Gasteiger partial charge in [0.1, 0.15) is 12.7 Å². The summed E-state index contributed by atoms with van der Waals surface area (Å²) >= 11 is 0.627. The molecule has 1 saturated heterocycles. The number of anilines is 1. The average Bonchev–Trinajstić information content (AvgIpc) is 2.88. The average molecular weight is 322 g/mol. The number of β-amino-alcohol motifs (C(OH)–C–C–N with tert-alkyl or cyclic N) is 1. The number of nitrogens with one attached hydrogen (secondary N) is 1. The number of ether oxygens (including phenoxy) is 2. The molecule has 21 heavy (non-hydrogen) atoms. The standard InChI is InChI=1S/C13H24N4O3S/c1-13(2,3)14-8-10(18)9-20-12-11(15-21-16-12)17-4-6-19-7-5-17/h10,14,18H,4-9H2,1-3H3/t10-/m0/s1/i4D2,5D2,9D2. The molecule has 1 aromatic heterocycles. The van der Waals surface area contributed by atoms with Gasteiger partial charge >= 0.3 is 0 Å². The first kappa shape index (κ1) is 9.94. The molecule has 1 fully saturated rings. The molecule has 0 aliphatic carbocycles. The van der Waals surface area contributed by atoms with Crippen LogP contribution in [0.5, 0.6) is 5.88 Å². The number of hydrogen-bond donors (Lipinski definition) is 2. The molecule has 2 heterocycles. The van der Waals surface area contributed by atoms with E-state index in [0.29, 0.717) is 11.7 Å². The SMILES string of the molecule is [2H]C([2H])(Oc1nsnc1N1C([2H])([2H])COCC1([2H])[2H])[C@@H](O)CNC(C)(C)C. The van der Waals surface area contributed by atoms with Crippen LogP contribution >= 0.6 is 11.7 Å². The van der Waals surface area contributed by atoms with Crippen molar-refractivity contribution in [2.75, 3.05) is 44.2 Å². The van der Waals surface area contributed by atoms with Crippen LogP contribution in [-0.4, -0.2) is 64.8 Å². The monoisotopic (exact) mass is 322 g/mol. The Kier molecular flexibility index (Phi) is 3.48. The fourth-order valence-electron chi connectivity index (χ4n) is 1.42. The van der Waals surface area contributed by atoms with E-state index in [-0.39, 0.29) is 17.9 Å². The lowest BCUT2D eigenvalue weighted by Gasteiger charge is -2.27. The van der Waals surface area contributed by atoms with Gasteiger partial charge in [0.05, 0.1) is 33.2 Å². The molecule has 1 atom stereocenters. The zero-order valence-corrected chi connectivity index (χ0v) is 13.0. The summed E-state index contributed by atoms with van der Waals surface area (Å²) in [7, 11) is 0. The van der Waals surface area contributed by atoms with Gasteiger partial charge in [-0.2, -0.15) is 4.37 Å². The number of aromatic nitrogens is 2. The van der Waals surface area contributed by atoms with E-state index in [0.717, 1.165) is 4.90 Å². The molecule has 0 unspecified atom stereocenters. The molecule has 1 aromatic rings. The molecule has 120 valence electrons. The lowest BCUT2D eigenvalue weighted by molar-refractivity contribution is 0.0975. The minimum atomic E-state index is -2.56. The predicted molar refractivity (Wildman–Crippen MR) is 82.2 cm³/mol. The smallest absolute Gasteiger partial charge is 0.270 e. The van der Waals surface area contributed by atoms with E-state index < -0.39 is 44.8 Å². The summed E-state index contributed by atoms with van der Waals surface area (Å²) < 4.78 is 65.9. The van der Waals surface area contributed by atoms with Crippen LogP contribution in [0.3, 0.4) is 0 Å². The van der Waals surface area contributed by atoms with Crippen LogP contribution in [0.4, 0.5) is 5.82 Å². The molecule has 0 aromatic carbocycles. The largest absolute Gasteiger partial charge is 0.472 e. The van der Waals surface area contributed by atoms with Gasteiger partial charge < -0.3 is 24.8 Å². The molecular formula is C13H24N4O3S. The van der Waals surface area contributed by atoms with Crippen LogP contribution < -0.4 is 15.0 Å². The Morgan fingerprint density at radius 1 is 1.52 bits per heavy atom. The number of aliphatic hydroxyl groups is 1. The van der Waals surface area contributed by atoms with Crippen molar-refractivity contribution in [2.24, 2.45) is 0 Å². The maximum Gasteiger partial charge on any atom is 0.270 e. The van der Waals surface area contributed by atoms with Gasteiger partial charge in [0.15, 0.2) is 0 Å². The molecule has 0 amide bonds. The number of morpholine rings is 1. The Hall–Kier alpha value is -0.960. The summed E-state index contributed by atoms with van der Waals surface area (Å²) in [5, 5.41) is 13.1. The molecule has 1 aliphatic rings. The lowest BCUT2D eigenvalue weighted by Crippen LogP contribution is -2.42. The fourth-order valence-corrected chi connectivity index (χ4v) is 1.89. The van der Waals surface area contributed by atoms with Gasteiger partial charge in [0, 0.05) is 25.1 Å². The topological polar surface area (TPSA) is 79.7 Å². The van der Waals surface area contributed by atoms with Crippen molar-refractivity contribution in [3.63, 3.8) is 0 Å². The van der Waals surface area contributed by atoms with E-state index in [1.165, 1.54) is 0 Å². The molecule has 2 N–H and O–H groups in total. The Bertz CT molecular complexity index is 638. The van der Waals surface area contributed by atoms with Crippen molar-refractivity contribution in [3.8, 4) is 5.88 Å². The third-order valence-corrected chi connectivity index (χ3v) is 2.92. The molecule has 0 bridgehead atoms. The second-order valence-corrected chi connectivity index (χ2v) is 5.93. The molecule has 7 nitrogen and oxygen atoms in total. The highest BCUT2D eigenvalue weighted by molar-refractivity contribution is 6.99. The highest BCUT2D eigenvalue weighted by Crippen LogP contribution is 2.26. The normalized spacial score (nSPS) is 27.5. The van der Waals surface area contributed by atoms with E-state index in [2.05, 4.69) is 14.1 Å². The second kappa shape index (κ2) is 7.35. The Morgan fingerprint density at radius 3 is 2.90 bits per heavy atom. The summed E-state index contributed by atoms with van der Waals surface area (Å²) in [6, 6.07) is 0. The van der Waals surface area contributed by atoms with Gasteiger partial charge in [-0.15, -0.1) is 4.37 Å². The van der Waals surface area contributed by atoms with Crippen LogP contribution in [0.15, 0.2) is 0 Å². The minimum absolute atomic E-state index is 0.0946.